The molecule has 0 atom stereocenters. The minimum atomic E-state index is -7.22. The SMILES string of the molecule is CCCCCCCC[N+](C)(C)C.Fc1c(F)c(F)c([B-](c2c(F)c(F)c(F)c(F)c2F)(c2c(F)c(F)c(F)c(F)c2F)c2c(F)c(F)c(F)c(F)c2F)c(F)c1F. The predicted molar refractivity (Wildman–Crippen MR) is 165 cm³/mol. The highest BCUT2D eigenvalue weighted by Crippen LogP contribution is 2.30. The van der Waals surface area contributed by atoms with Crippen LogP contribution in [0.25, 0.3) is 0 Å². The van der Waals surface area contributed by atoms with Crippen LogP contribution in [0.3, 0.4) is 0 Å². The molecule has 4 aromatic rings. The highest BCUT2D eigenvalue weighted by molar-refractivity contribution is 7.20. The summed E-state index contributed by atoms with van der Waals surface area (Å²) in [4.78, 5) is 0. The Morgan fingerprint density at radius 2 is 0.456 bits per heavy atom. The van der Waals surface area contributed by atoms with Gasteiger partial charge in [0, 0.05) is 0 Å². The van der Waals surface area contributed by atoms with Crippen LogP contribution in [0.5, 0.6) is 0 Å². The van der Waals surface area contributed by atoms with Gasteiger partial charge in [0.2, 0.25) is 0 Å². The first-order chi connectivity index (χ1) is 26.3. The van der Waals surface area contributed by atoms with Crippen LogP contribution in [0.4, 0.5) is 87.8 Å². The van der Waals surface area contributed by atoms with Gasteiger partial charge in [0.1, 0.15) is 52.7 Å². The van der Waals surface area contributed by atoms with E-state index >= 15 is 35.1 Å². The molecule has 22 heteroatoms. The van der Waals surface area contributed by atoms with Gasteiger partial charge in [0.25, 0.3) is 0 Å². The van der Waals surface area contributed by atoms with Crippen LogP contribution in [-0.2, 0) is 0 Å². The maximum atomic E-state index is 15.4. The minimum Gasteiger partial charge on any atom is -0.331 e. The second kappa shape index (κ2) is 17.6. The molecular weight excluding hydrogens is 825 g/mol. The lowest BCUT2D eigenvalue weighted by atomic mass is 9.12. The molecule has 0 fully saturated rings. The summed E-state index contributed by atoms with van der Waals surface area (Å²) >= 11 is 0. The highest BCUT2D eigenvalue weighted by atomic mass is 19.2. The number of nitrogens with zero attached hydrogens (tertiary/aromatic N) is 1. The first kappa shape index (κ1) is 46.9. The summed E-state index contributed by atoms with van der Waals surface area (Å²) in [6.07, 6.45) is 1.26. The van der Waals surface area contributed by atoms with Gasteiger partial charge in [-0.25, -0.2) is 87.8 Å². The second-order valence-electron chi connectivity index (χ2n) is 13.6. The Morgan fingerprint density at radius 3 is 0.649 bits per heavy atom. The van der Waals surface area contributed by atoms with E-state index in [1.807, 2.05) is 0 Å². The maximum Gasteiger partial charge on any atom is 0.200 e. The number of halogens is 20. The second-order valence-corrected chi connectivity index (χ2v) is 13.6. The molecule has 1 nitrogen and oxygen atoms in total. The van der Waals surface area contributed by atoms with Crippen molar-refractivity contribution >= 4 is 28.0 Å². The smallest absolute Gasteiger partial charge is 0.200 e. The van der Waals surface area contributed by atoms with Crippen molar-refractivity contribution in [2.75, 3.05) is 27.7 Å². The van der Waals surface area contributed by atoms with Gasteiger partial charge >= 0.3 is 0 Å². The molecule has 0 N–H and O–H groups in total. The fraction of sp³-hybridized carbons (Fsp3) is 0.314. The number of benzene rings is 4. The first-order valence-corrected chi connectivity index (χ1v) is 16.3. The van der Waals surface area contributed by atoms with E-state index in [0.29, 0.717) is 0 Å². The van der Waals surface area contributed by atoms with Gasteiger partial charge in [-0.15, -0.1) is 21.9 Å². The van der Waals surface area contributed by atoms with Crippen LogP contribution in [0.15, 0.2) is 0 Å². The quantitative estimate of drug-likeness (QED) is 0.0354. The molecule has 4 rings (SSSR count). The van der Waals surface area contributed by atoms with Crippen molar-refractivity contribution in [3.63, 3.8) is 0 Å². The Hall–Kier alpha value is -4.50. The van der Waals surface area contributed by atoms with Crippen molar-refractivity contribution < 1.29 is 92.3 Å². The minimum absolute atomic E-state index is 1.12. The van der Waals surface area contributed by atoms with E-state index in [-0.39, 0.29) is 0 Å². The van der Waals surface area contributed by atoms with Crippen molar-refractivity contribution in [1.29, 1.82) is 0 Å². The van der Waals surface area contributed by atoms with E-state index in [2.05, 4.69) is 28.1 Å². The summed E-state index contributed by atoms with van der Waals surface area (Å²) in [5.41, 5.74) is -14.3. The van der Waals surface area contributed by atoms with Crippen LogP contribution in [0, 0.1) is 116 Å². The Balaban J connectivity index is 0.000000626. The normalized spacial score (nSPS) is 12.0. The Labute approximate surface area is 310 Å². The van der Waals surface area contributed by atoms with Gasteiger partial charge < -0.3 is 4.48 Å². The molecule has 0 spiro atoms. The molecule has 0 aromatic heterocycles. The number of hydrogen-bond acceptors (Lipinski definition) is 0. The lowest BCUT2D eigenvalue weighted by Crippen LogP contribution is -2.81. The van der Waals surface area contributed by atoms with Gasteiger partial charge in [-0.05, 0) is 12.8 Å². The molecule has 0 heterocycles. The molecule has 4 aromatic carbocycles. The van der Waals surface area contributed by atoms with E-state index in [9.17, 15) is 52.7 Å². The zero-order chi connectivity index (χ0) is 43.8. The topological polar surface area (TPSA) is 0 Å². The Bertz CT molecular complexity index is 1800. The monoisotopic (exact) mass is 851 g/mol. The molecule has 0 radical (unpaired) electrons. The van der Waals surface area contributed by atoms with Crippen molar-refractivity contribution in [2.24, 2.45) is 0 Å². The molecule has 0 saturated carbocycles. The van der Waals surface area contributed by atoms with E-state index in [1.54, 1.807) is 0 Å². The van der Waals surface area contributed by atoms with Gasteiger partial charge in [-0.3, -0.25) is 0 Å². The molecule has 57 heavy (non-hydrogen) atoms. The van der Waals surface area contributed by atoms with E-state index in [1.165, 1.54) is 45.1 Å². The number of hydrogen-bond donors (Lipinski definition) is 0. The number of quaternary nitrogens is 1. The number of rotatable bonds is 11. The van der Waals surface area contributed by atoms with Gasteiger partial charge in [0.15, 0.2) is 69.8 Å². The molecule has 0 aliphatic heterocycles. The summed E-state index contributed by atoms with van der Waals surface area (Å²) in [5, 5.41) is 0. The van der Waals surface area contributed by atoms with Crippen LogP contribution in [0.1, 0.15) is 45.4 Å². The summed E-state index contributed by atoms with van der Waals surface area (Å²) in [7, 11) is 6.81. The standard InChI is InChI=1S/C24BF20.C11H26N/c26-5-1(6(27)14(35)21(42)13(5)34)25(2-7(28)15(36)22(43)16(37)8(2)29,3-9(30)17(38)23(44)18(39)10(3)31)4-11(32)19(40)24(45)20(41)12(4)33;1-5-6-7-8-9-10-11-12(2,3)4/h;5-11H2,1-4H3/q-1;+1. The molecule has 0 bridgehead atoms. The van der Waals surface area contributed by atoms with Gasteiger partial charge in [-0.2, -0.15) is 0 Å². The zero-order valence-corrected chi connectivity index (χ0v) is 29.5. The predicted octanol–water partition coefficient (Wildman–Crippen LogP) is 8.90. The lowest BCUT2D eigenvalue weighted by molar-refractivity contribution is -0.870. The molecule has 0 unspecified atom stereocenters. The van der Waals surface area contributed by atoms with Crippen LogP contribution < -0.4 is 21.9 Å². The van der Waals surface area contributed by atoms with E-state index < -0.39 is 144 Å². The fourth-order valence-electron chi connectivity index (χ4n) is 6.24. The third-order valence-corrected chi connectivity index (χ3v) is 8.89. The zero-order valence-electron chi connectivity index (χ0n) is 29.5. The summed E-state index contributed by atoms with van der Waals surface area (Å²) in [5.74, 6) is -71.4. The number of unbranched alkanes of at least 4 members (excludes halogenated alkanes) is 5. The largest absolute Gasteiger partial charge is 0.331 e. The maximum absolute atomic E-state index is 15.4. The molecule has 0 saturated heterocycles. The van der Waals surface area contributed by atoms with Crippen LogP contribution in [0.2, 0.25) is 0 Å². The Kier molecular flexibility index (Phi) is 14.4. The summed E-state index contributed by atoms with van der Waals surface area (Å²) in [6, 6.07) is 0. The van der Waals surface area contributed by atoms with Crippen molar-refractivity contribution in [3.05, 3.63) is 116 Å². The molecule has 0 aliphatic carbocycles. The third kappa shape index (κ3) is 8.14. The average Bonchev–Trinajstić information content (AvgIpc) is 3.15. The summed E-state index contributed by atoms with van der Waals surface area (Å²) < 4.78 is 295. The van der Waals surface area contributed by atoms with E-state index in [4.69, 9.17) is 0 Å². The first-order valence-electron chi connectivity index (χ1n) is 16.3. The molecule has 0 amide bonds. The van der Waals surface area contributed by atoms with Gasteiger partial charge in [-0.1, -0.05) is 32.6 Å². The lowest BCUT2D eigenvalue weighted by Gasteiger charge is -2.44. The van der Waals surface area contributed by atoms with Crippen LogP contribution >= 0.6 is 0 Å². The van der Waals surface area contributed by atoms with Gasteiger partial charge in [0.05, 0.1) is 27.7 Å². The average molecular weight is 851 g/mol. The van der Waals surface area contributed by atoms with Crippen molar-refractivity contribution in [2.45, 2.75) is 45.4 Å². The molecular formula is C35H26BF20N. The third-order valence-electron chi connectivity index (χ3n) is 8.89. The van der Waals surface area contributed by atoms with Crippen LogP contribution in [-0.4, -0.2) is 38.3 Å². The highest BCUT2D eigenvalue weighted by Gasteiger charge is 2.52. The Morgan fingerprint density at radius 1 is 0.281 bits per heavy atom. The molecule has 314 valence electrons. The van der Waals surface area contributed by atoms with Crippen molar-refractivity contribution in [3.8, 4) is 0 Å². The summed E-state index contributed by atoms with van der Waals surface area (Å²) in [6.45, 7) is 3.60. The molecule has 0 aliphatic rings. The van der Waals surface area contributed by atoms with Crippen molar-refractivity contribution in [1.82, 2.24) is 0 Å². The van der Waals surface area contributed by atoms with E-state index in [0.717, 1.165) is 4.48 Å². The fourth-order valence-corrected chi connectivity index (χ4v) is 6.24.